The van der Waals surface area contributed by atoms with Crippen molar-refractivity contribution in [1.82, 2.24) is 0 Å². The minimum Gasteiger partial charge on any atom is -0.492 e. The number of carboxylic acids is 1. The second kappa shape index (κ2) is 4.53. The van der Waals surface area contributed by atoms with Gasteiger partial charge in [-0.1, -0.05) is 0 Å². The third kappa shape index (κ3) is 2.38. The summed E-state index contributed by atoms with van der Waals surface area (Å²) < 4.78 is 6.16. The molecule has 0 aliphatic rings. The van der Waals surface area contributed by atoms with Crippen molar-refractivity contribution in [3.63, 3.8) is 0 Å². The molecule has 0 amide bonds. The largest absolute Gasteiger partial charge is 0.492 e. The molecule has 0 saturated heterocycles. The molecule has 0 radical (unpaired) electrons. The van der Waals surface area contributed by atoms with Crippen LogP contribution in [0.25, 0.3) is 0 Å². The standard InChI is InChI=1S/C8H10O3S2/c1-3-11-5-4-6(12-2)13-7(5)8(9)10/h4H,3H2,1-2H3,(H,9,10). The van der Waals surface area contributed by atoms with E-state index < -0.39 is 5.97 Å². The van der Waals surface area contributed by atoms with Crippen LogP contribution in [-0.2, 0) is 0 Å². The number of ether oxygens (including phenoxy) is 1. The van der Waals surface area contributed by atoms with Gasteiger partial charge < -0.3 is 9.84 Å². The van der Waals surface area contributed by atoms with Crippen molar-refractivity contribution in [1.29, 1.82) is 0 Å². The van der Waals surface area contributed by atoms with Gasteiger partial charge in [-0.05, 0) is 13.2 Å². The van der Waals surface area contributed by atoms with Crippen molar-refractivity contribution in [3.05, 3.63) is 10.9 Å². The molecule has 72 valence electrons. The Morgan fingerprint density at radius 2 is 2.46 bits per heavy atom. The number of hydrogen-bond acceptors (Lipinski definition) is 4. The summed E-state index contributed by atoms with van der Waals surface area (Å²) in [5.74, 6) is -0.446. The van der Waals surface area contributed by atoms with Crippen molar-refractivity contribution in [2.75, 3.05) is 12.9 Å². The van der Waals surface area contributed by atoms with Crippen LogP contribution in [0.1, 0.15) is 16.6 Å². The Labute approximate surface area is 84.7 Å². The van der Waals surface area contributed by atoms with Gasteiger partial charge in [-0.25, -0.2) is 4.79 Å². The first-order valence-corrected chi connectivity index (χ1v) is 5.77. The Kier molecular flexibility index (Phi) is 3.62. The molecule has 0 saturated carbocycles. The molecule has 1 aromatic rings. The molecular formula is C8H10O3S2. The van der Waals surface area contributed by atoms with Crippen LogP contribution in [0.5, 0.6) is 5.75 Å². The van der Waals surface area contributed by atoms with E-state index in [1.807, 2.05) is 13.2 Å². The number of thioether (sulfide) groups is 1. The molecule has 5 heteroatoms. The Hall–Kier alpha value is -0.680. The van der Waals surface area contributed by atoms with E-state index in [9.17, 15) is 4.79 Å². The molecule has 0 aliphatic carbocycles. The third-order valence-corrected chi connectivity index (χ3v) is 3.54. The molecule has 3 nitrogen and oxygen atoms in total. The van der Waals surface area contributed by atoms with Crippen LogP contribution < -0.4 is 4.74 Å². The number of rotatable bonds is 4. The molecule has 0 atom stereocenters. The van der Waals surface area contributed by atoms with E-state index >= 15 is 0 Å². The van der Waals surface area contributed by atoms with Crippen molar-refractivity contribution in [3.8, 4) is 5.75 Å². The molecule has 0 aliphatic heterocycles. The highest BCUT2D eigenvalue weighted by Crippen LogP contribution is 2.34. The van der Waals surface area contributed by atoms with E-state index in [1.165, 1.54) is 23.1 Å². The zero-order chi connectivity index (χ0) is 9.84. The first-order chi connectivity index (χ1) is 6.19. The van der Waals surface area contributed by atoms with E-state index in [2.05, 4.69) is 0 Å². The van der Waals surface area contributed by atoms with Gasteiger partial charge in [-0.2, -0.15) is 0 Å². The summed E-state index contributed by atoms with van der Waals surface area (Å²) in [5, 5.41) is 8.82. The van der Waals surface area contributed by atoms with Crippen molar-refractivity contribution >= 4 is 29.1 Å². The number of carbonyl (C=O) groups is 1. The smallest absolute Gasteiger partial charge is 0.349 e. The fraction of sp³-hybridized carbons (Fsp3) is 0.375. The average Bonchev–Trinajstić information content (AvgIpc) is 2.48. The molecular weight excluding hydrogens is 208 g/mol. The highest BCUT2D eigenvalue weighted by atomic mass is 32.2. The SMILES string of the molecule is CCOc1cc(SC)sc1C(=O)O. The summed E-state index contributed by atoms with van der Waals surface area (Å²) >= 11 is 2.77. The van der Waals surface area contributed by atoms with Crippen LogP contribution in [0.4, 0.5) is 0 Å². The zero-order valence-electron chi connectivity index (χ0n) is 7.36. The van der Waals surface area contributed by atoms with Gasteiger partial charge in [0.25, 0.3) is 0 Å². The Bertz CT molecular complexity index is 306. The summed E-state index contributed by atoms with van der Waals surface area (Å²) in [6.45, 7) is 2.33. The maximum atomic E-state index is 10.7. The molecule has 1 N–H and O–H groups in total. The van der Waals surface area contributed by atoms with Crippen LogP contribution >= 0.6 is 23.1 Å². The third-order valence-electron chi connectivity index (χ3n) is 1.37. The molecule has 0 fully saturated rings. The minimum absolute atomic E-state index is 0.284. The Morgan fingerprint density at radius 1 is 1.77 bits per heavy atom. The fourth-order valence-electron chi connectivity index (χ4n) is 0.865. The van der Waals surface area contributed by atoms with E-state index in [1.54, 1.807) is 6.07 Å². The minimum atomic E-state index is -0.922. The zero-order valence-corrected chi connectivity index (χ0v) is 9.00. The van der Waals surface area contributed by atoms with Crippen LogP contribution in [-0.4, -0.2) is 23.9 Å². The van der Waals surface area contributed by atoms with Gasteiger partial charge in [0, 0.05) is 6.07 Å². The molecule has 1 heterocycles. The lowest BCUT2D eigenvalue weighted by atomic mass is 10.4. The fourth-order valence-corrected chi connectivity index (χ4v) is 2.35. The summed E-state index contributed by atoms with van der Waals surface area (Å²) in [7, 11) is 0. The van der Waals surface area contributed by atoms with Gasteiger partial charge in [-0.15, -0.1) is 23.1 Å². The van der Waals surface area contributed by atoms with E-state index in [0.29, 0.717) is 12.4 Å². The lowest BCUT2D eigenvalue weighted by molar-refractivity contribution is 0.0698. The maximum Gasteiger partial charge on any atom is 0.349 e. The molecule has 0 spiro atoms. The highest BCUT2D eigenvalue weighted by molar-refractivity contribution is 8.00. The normalized spacial score (nSPS) is 10.0. The quantitative estimate of drug-likeness (QED) is 0.789. The van der Waals surface area contributed by atoms with Gasteiger partial charge in [0.1, 0.15) is 5.75 Å². The summed E-state index contributed by atoms with van der Waals surface area (Å²) in [4.78, 5) is 11.0. The monoisotopic (exact) mass is 218 g/mol. The summed E-state index contributed by atoms with van der Waals surface area (Å²) in [6.07, 6.45) is 1.91. The second-order valence-electron chi connectivity index (χ2n) is 2.20. The highest BCUT2D eigenvalue weighted by Gasteiger charge is 2.15. The van der Waals surface area contributed by atoms with Gasteiger partial charge in [0.05, 0.1) is 10.8 Å². The van der Waals surface area contributed by atoms with Crippen molar-refractivity contribution in [2.45, 2.75) is 11.1 Å². The molecule has 0 unspecified atom stereocenters. The predicted octanol–water partition coefficient (Wildman–Crippen LogP) is 2.57. The van der Waals surface area contributed by atoms with Crippen LogP contribution in [0, 0.1) is 0 Å². The van der Waals surface area contributed by atoms with Gasteiger partial charge in [0.2, 0.25) is 0 Å². The molecule has 1 aromatic heterocycles. The first kappa shape index (κ1) is 10.4. The summed E-state index contributed by atoms with van der Waals surface area (Å²) in [6, 6.07) is 1.77. The van der Waals surface area contributed by atoms with Crippen LogP contribution in [0.15, 0.2) is 10.3 Å². The van der Waals surface area contributed by atoms with E-state index in [0.717, 1.165) is 4.21 Å². The first-order valence-electron chi connectivity index (χ1n) is 3.73. The summed E-state index contributed by atoms with van der Waals surface area (Å²) in [5.41, 5.74) is 0. The molecule has 0 bridgehead atoms. The Morgan fingerprint density at radius 3 is 2.92 bits per heavy atom. The topological polar surface area (TPSA) is 46.5 Å². The molecule has 1 rings (SSSR count). The Balaban J connectivity index is 3.00. The van der Waals surface area contributed by atoms with Crippen molar-refractivity contribution in [2.24, 2.45) is 0 Å². The molecule has 0 aromatic carbocycles. The van der Waals surface area contributed by atoms with Crippen molar-refractivity contribution < 1.29 is 14.6 Å². The van der Waals surface area contributed by atoms with E-state index in [-0.39, 0.29) is 4.88 Å². The predicted molar refractivity (Wildman–Crippen MR) is 54.2 cm³/mol. The second-order valence-corrected chi connectivity index (χ2v) is 4.36. The number of aromatic carboxylic acids is 1. The number of thiophene rings is 1. The lowest BCUT2D eigenvalue weighted by Gasteiger charge is -1.99. The van der Waals surface area contributed by atoms with Gasteiger partial charge in [-0.3, -0.25) is 0 Å². The van der Waals surface area contributed by atoms with Gasteiger partial charge in [0.15, 0.2) is 4.88 Å². The average molecular weight is 218 g/mol. The number of hydrogen-bond donors (Lipinski definition) is 1. The van der Waals surface area contributed by atoms with E-state index in [4.69, 9.17) is 9.84 Å². The molecule has 13 heavy (non-hydrogen) atoms. The van der Waals surface area contributed by atoms with Gasteiger partial charge >= 0.3 is 5.97 Å². The lowest BCUT2D eigenvalue weighted by Crippen LogP contribution is -1.98. The maximum absolute atomic E-state index is 10.7. The van der Waals surface area contributed by atoms with Crippen LogP contribution in [0.3, 0.4) is 0 Å². The number of carboxylic acid groups (broad SMARTS) is 1. The van der Waals surface area contributed by atoms with Crippen LogP contribution in [0.2, 0.25) is 0 Å².